The molecule has 1 heterocycles. The van der Waals surface area contributed by atoms with E-state index in [9.17, 15) is 4.79 Å². The fourth-order valence-electron chi connectivity index (χ4n) is 1.58. The van der Waals surface area contributed by atoms with Crippen LogP contribution in [0.4, 0.5) is 5.69 Å². The molecule has 0 aliphatic rings. The highest BCUT2D eigenvalue weighted by Gasteiger charge is 2.08. The number of ether oxygens (including phenoxy) is 1. The quantitative estimate of drug-likeness (QED) is 0.533. The van der Waals surface area contributed by atoms with Gasteiger partial charge in [-0.15, -0.1) is 11.8 Å². The molecule has 2 aromatic rings. The highest BCUT2D eigenvalue weighted by Crippen LogP contribution is 2.29. The van der Waals surface area contributed by atoms with Crippen molar-refractivity contribution >= 4 is 35.0 Å². The summed E-state index contributed by atoms with van der Waals surface area (Å²) in [4.78, 5) is 16.6. The fraction of sp³-hybridized carbons (Fsp3) is 0.143. The Bertz CT molecular complexity index is 634. The number of halogens is 1. The Balaban J connectivity index is 2.09. The topological polar surface area (TPSA) is 65.2 Å². The zero-order valence-electron chi connectivity index (χ0n) is 10.8. The van der Waals surface area contributed by atoms with Crippen molar-refractivity contribution in [3.63, 3.8) is 0 Å². The number of rotatable bonds is 4. The number of hydrogen-bond acceptors (Lipinski definition) is 5. The molecule has 0 saturated heterocycles. The van der Waals surface area contributed by atoms with Crippen LogP contribution in [-0.2, 0) is 10.5 Å². The van der Waals surface area contributed by atoms with E-state index in [4.69, 9.17) is 17.3 Å². The number of methoxy groups -OCH3 is 1. The summed E-state index contributed by atoms with van der Waals surface area (Å²) in [6.45, 7) is 0. The summed E-state index contributed by atoms with van der Waals surface area (Å²) in [5, 5.41) is 0.609. The van der Waals surface area contributed by atoms with Gasteiger partial charge in [0.05, 0.1) is 12.8 Å². The molecule has 0 aliphatic heterocycles. The molecule has 0 fully saturated rings. The summed E-state index contributed by atoms with van der Waals surface area (Å²) >= 11 is 7.39. The van der Waals surface area contributed by atoms with Crippen molar-refractivity contribution in [3.8, 4) is 0 Å². The summed E-state index contributed by atoms with van der Waals surface area (Å²) < 4.78 is 4.64. The molecule has 0 spiro atoms. The average Bonchev–Trinajstić information content (AvgIpc) is 2.46. The van der Waals surface area contributed by atoms with Gasteiger partial charge in [0.2, 0.25) is 0 Å². The number of nitrogens with two attached hydrogens (primary N) is 1. The smallest absolute Gasteiger partial charge is 0.356 e. The maximum Gasteiger partial charge on any atom is 0.356 e. The SMILES string of the molecule is COC(=O)c1cccc(CSc2ccc(Cl)cc2N)n1. The van der Waals surface area contributed by atoms with Gasteiger partial charge in [0.25, 0.3) is 0 Å². The number of anilines is 1. The molecule has 20 heavy (non-hydrogen) atoms. The number of pyridine rings is 1. The van der Waals surface area contributed by atoms with Gasteiger partial charge in [-0.25, -0.2) is 9.78 Å². The first kappa shape index (κ1) is 14.7. The minimum absolute atomic E-state index is 0.301. The van der Waals surface area contributed by atoms with Crippen molar-refractivity contribution in [1.29, 1.82) is 0 Å². The Morgan fingerprint density at radius 1 is 1.40 bits per heavy atom. The van der Waals surface area contributed by atoms with Crippen LogP contribution in [0, 0.1) is 0 Å². The molecule has 2 N–H and O–H groups in total. The van der Waals surface area contributed by atoms with Crippen LogP contribution in [0.15, 0.2) is 41.3 Å². The van der Waals surface area contributed by atoms with Gasteiger partial charge in [-0.1, -0.05) is 17.7 Å². The van der Waals surface area contributed by atoms with Crippen LogP contribution in [0.2, 0.25) is 5.02 Å². The summed E-state index contributed by atoms with van der Waals surface area (Å²) in [5.41, 5.74) is 7.60. The van der Waals surface area contributed by atoms with E-state index in [2.05, 4.69) is 9.72 Å². The first-order chi connectivity index (χ1) is 9.60. The largest absolute Gasteiger partial charge is 0.464 e. The molecule has 4 nitrogen and oxygen atoms in total. The minimum Gasteiger partial charge on any atom is -0.464 e. The van der Waals surface area contributed by atoms with E-state index in [0.29, 0.717) is 22.2 Å². The lowest BCUT2D eigenvalue weighted by atomic mass is 10.3. The molecule has 6 heteroatoms. The number of carbonyl (C=O) groups excluding carboxylic acids is 1. The summed E-state index contributed by atoms with van der Waals surface area (Å²) in [6.07, 6.45) is 0. The van der Waals surface area contributed by atoms with Crippen LogP contribution in [0.3, 0.4) is 0 Å². The maximum absolute atomic E-state index is 11.4. The fourth-order valence-corrected chi connectivity index (χ4v) is 2.62. The lowest BCUT2D eigenvalue weighted by Gasteiger charge is -2.06. The zero-order chi connectivity index (χ0) is 14.5. The molecule has 0 atom stereocenters. The molecule has 0 radical (unpaired) electrons. The van der Waals surface area contributed by atoms with Crippen LogP contribution in [0.1, 0.15) is 16.2 Å². The van der Waals surface area contributed by atoms with E-state index in [1.807, 2.05) is 12.1 Å². The van der Waals surface area contributed by atoms with Crippen LogP contribution in [0.5, 0.6) is 0 Å². The number of nitrogens with zero attached hydrogens (tertiary/aromatic N) is 1. The first-order valence-electron chi connectivity index (χ1n) is 5.82. The van der Waals surface area contributed by atoms with E-state index in [-0.39, 0.29) is 0 Å². The predicted molar refractivity (Wildman–Crippen MR) is 81.0 cm³/mol. The van der Waals surface area contributed by atoms with Gasteiger partial charge in [-0.3, -0.25) is 0 Å². The Morgan fingerprint density at radius 3 is 2.90 bits per heavy atom. The number of hydrogen-bond donors (Lipinski definition) is 1. The van der Waals surface area contributed by atoms with Crippen LogP contribution < -0.4 is 5.73 Å². The Labute approximate surface area is 126 Å². The standard InChI is InChI=1S/C14H13ClN2O2S/c1-19-14(18)12-4-2-3-10(17-12)8-20-13-6-5-9(15)7-11(13)16/h2-7H,8,16H2,1H3. The summed E-state index contributed by atoms with van der Waals surface area (Å²) in [6, 6.07) is 10.6. The van der Waals surface area contributed by atoms with Crippen molar-refractivity contribution in [2.45, 2.75) is 10.6 Å². The monoisotopic (exact) mass is 308 g/mol. The first-order valence-corrected chi connectivity index (χ1v) is 7.18. The third-order valence-electron chi connectivity index (χ3n) is 2.55. The normalized spacial score (nSPS) is 10.3. The number of esters is 1. The second-order valence-electron chi connectivity index (χ2n) is 3.98. The van der Waals surface area contributed by atoms with E-state index >= 15 is 0 Å². The molecular formula is C14H13ClN2O2S. The maximum atomic E-state index is 11.4. The van der Waals surface area contributed by atoms with Crippen molar-refractivity contribution in [2.24, 2.45) is 0 Å². The predicted octanol–water partition coefficient (Wildman–Crippen LogP) is 3.40. The van der Waals surface area contributed by atoms with E-state index < -0.39 is 5.97 Å². The van der Waals surface area contributed by atoms with Crippen LogP contribution in [0.25, 0.3) is 0 Å². The van der Waals surface area contributed by atoms with Gasteiger partial charge in [-0.2, -0.15) is 0 Å². The van der Waals surface area contributed by atoms with E-state index in [0.717, 1.165) is 10.6 Å². The molecule has 1 aromatic carbocycles. The van der Waals surface area contributed by atoms with E-state index in [1.165, 1.54) is 18.9 Å². The second-order valence-corrected chi connectivity index (χ2v) is 5.43. The van der Waals surface area contributed by atoms with Gasteiger partial charge in [0, 0.05) is 21.4 Å². The second kappa shape index (κ2) is 6.63. The highest BCUT2D eigenvalue weighted by atomic mass is 35.5. The molecule has 2 rings (SSSR count). The van der Waals surface area contributed by atoms with Gasteiger partial charge < -0.3 is 10.5 Å². The molecule has 0 saturated carbocycles. The van der Waals surface area contributed by atoms with Crippen LogP contribution in [-0.4, -0.2) is 18.1 Å². The lowest BCUT2D eigenvalue weighted by Crippen LogP contribution is -2.05. The summed E-state index contributed by atoms with van der Waals surface area (Å²) in [7, 11) is 1.33. The Kier molecular flexibility index (Phi) is 4.87. The molecule has 0 unspecified atom stereocenters. The van der Waals surface area contributed by atoms with Crippen LogP contribution >= 0.6 is 23.4 Å². The number of nitrogen functional groups attached to an aromatic ring is 1. The van der Waals surface area contributed by atoms with Crippen molar-refractivity contribution in [3.05, 3.63) is 52.8 Å². The molecule has 0 aliphatic carbocycles. The average molecular weight is 309 g/mol. The Hall–Kier alpha value is -1.72. The molecule has 0 bridgehead atoms. The van der Waals surface area contributed by atoms with Gasteiger partial charge in [0.15, 0.2) is 0 Å². The highest BCUT2D eigenvalue weighted by molar-refractivity contribution is 7.98. The van der Waals surface area contributed by atoms with Gasteiger partial charge in [-0.05, 0) is 30.3 Å². The Morgan fingerprint density at radius 2 is 2.20 bits per heavy atom. The van der Waals surface area contributed by atoms with Gasteiger partial charge in [0.1, 0.15) is 5.69 Å². The molecule has 0 amide bonds. The van der Waals surface area contributed by atoms with Gasteiger partial charge >= 0.3 is 5.97 Å². The number of aromatic nitrogens is 1. The third-order valence-corrected chi connectivity index (χ3v) is 3.91. The third kappa shape index (κ3) is 3.65. The van der Waals surface area contributed by atoms with E-state index in [1.54, 1.807) is 24.3 Å². The summed E-state index contributed by atoms with van der Waals surface area (Å²) in [5.74, 6) is 0.166. The molecular weight excluding hydrogens is 296 g/mol. The van der Waals surface area contributed by atoms with Crippen molar-refractivity contribution in [2.75, 3.05) is 12.8 Å². The van der Waals surface area contributed by atoms with Crippen molar-refractivity contribution < 1.29 is 9.53 Å². The molecule has 104 valence electrons. The zero-order valence-corrected chi connectivity index (χ0v) is 12.4. The number of benzene rings is 1. The lowest BCUT2D eigenvalue weighted by molar-refractivity contribution is 0.0594. The molecule has 1 aromatic heterocycles. The van der Waals surface area contributed by atoms with Crippen molar-refractivity contribution in [1.82, 2.24) is 4.98 Å². The minimum atomic E-state index is -0.442. The number of thioether (sulfide) groups is 1. The number of carbonyl (C=O) groups is 1.